The fourth-order valence-electron chi connectivity index (χ4n) is 1.50. The van der Waals surface area contributed by atoms with Gasteiger partial charge < -0.3 is 4.74 Å². The van der Waals surface area contributed by atoms with Gasteiger partial charge in [-0.2, -0.15) is 4.39 Å². The number of benzene rings is 1. The molecule has 0 amide bonds. The molecule has 1 aliphatic rings. The van der Waals surface area contributed by atoms with Gasteiger partial charge in [0.25, 0.3) is 0 Å². The van der Waals surface area contributed by atoms with Crippen LogP contribution in [0.1, 0.15) is 23.2 Å². The number of rotatable bonds is 0. The summed E-state index contributed by atoms with van der Waals surface area (Å²) >= 11 is 3.03. The van der Waals surface area contributed by atoms with Crippen LogP contribution in [0, 0.1) is 11.6 Å². The number of carbonyl (C=O) groups excluding carboxylic acids is 1. The minimum absolute atomic E-state index is 0.103. The molecule has 0 radical (unpaired) electrons. The van der Waals surface area contributed by atoms with Crippen LogP contribution in [0.15, 0.2) is 10.5 Å². The first-order valence-corrected chi connectivity index (χ1v) is 5.24. The Hall–Kier alpha value is -0.970. The third kappa shape index (κ3) is 1.76. The van der Waals surface area contributed by atoms with Crippen molar-refractivity contribution in [2.45, 2.75) is 12.8 Å². The molecule has 1 aromatic carbocycles. The van der Waals surface area contributed by atoms with E-state index in [1.165, 1.54) is 0 Å². The molecule has 2 rings (SSSR count). The van der Waals surface area contributed by atoms with Crippen molar-refractivity contribution in [1.29, 1.82) is 0 Å². The number of halogens is 3. The van der Waals surface area contributed by atoms with Crippen LogP contribution in [0.5, 0.6) is 5.75 Å². The third-order valence-electron chi connectivity index (χ3n) is 2.20. The molecule has 2 nitrogen and oxygen atoms in total. The largest absolute Gasteiger partial charge is 0.490 e. The number of Topliss-reactive ketones (excluding diaryl/α,β-unsaturated/α-hetero) is 1. The molecule has 1 aliphatic heterocycles. The third-order valence-corrected chi connectivity index (χ3v) is 2.83. The molecule has 15 heavy (non-hydrogen) atoms. The van der Waals surface area contributed by atoms with E-state index in [1.54, 1.807) is 0 Å². The Labute approximate surface area is 93.4 Å². The SMILES string of the molecule is O=C1CCCOc2c(F)c(F)cc(Br)c21. The van der Waals surface area contributed by atoms with E-state index in [4.69, 9.17) is 4.74 Å². The number of carbonyl (C=O) groups is 1. The van der Waals surface area contributed by atoms with Gasteiger partial charge in [0, 0.05) is 10.9 Å². The summed E-state index contributed by atoms with van der Waals surface area (Å²) in [5.41, 5.74) is 0.103. The lowest BCUT2D eigenvalue weighted by Gasteiger charge is -2.09. The lowest BCUT2D eigenvalue weighted by Crippen LogP contribution is -2.03. The van der Waals surface area contributed by atoms with E-state index in [2.05, 4.69) is 15.9 Å². The molecule has 0 bridgehead atoms. The van der Waals surface area contributed by atoms with E-state index in [-0.39, 0.29) is 34.6 Å². The first-order chi connectivity index (χ1) is 7.11. The minimum atomic E-state index is -1.09. The Bertz CT molecular complexity index is 432. The normalized spacial score (nSPS) is 15.5. The van der Waals surface area contributed by atoms with E-state index >= 15 is 0 Å². The van der Waals surface area contributed by atoms with Crippen molar-refractivity contribution in [3.8, 4) is 5.75 Å². The van der Waals surface area contributed by atoms with Crippen LogP contribution in [0.25, 0.3) is 0 Å². The Kier molecular flexibility index (Phi) is 2.73. The zero-order valence-corrected chi connectivity index (χ0v) is 9.24. The predicted octanol–water partition coefficient (Wildman–Crippen LogP) is 3.08. The second-order valence-corrected chi connectivity index (χ2v) is 4.09. The van der Waals surface area contributed by atoms with Gasteiger partial charge in [-0.1, -0.05) is 0 Å². The topological polar surface area (TPSA) is 26.3 Å². The fraction of sp³-hybridized carbons (Fsp3) is 0.300. The summed E-state index contributed by atoms with van der Waals surface area (Å²) in [7, 11) is 0. The van der Waals surface area contributed by atoms with Crippen molar-refractivity contribution in [3.63, 3.8) is 0 Å². The van der Waals surface area contributed by atoms with Gasteiger partial charge >= 0.3 is 0 Å². The maximum absolute atomic E-state index is 13.3. The average molecular weight is 277 g/mol. The molecular weight excluding hydrogens is 270 g/mol. The fourth-order valence-corrected chi connectivity index (χ4v) is 2.10. The van der Waals surface area contributed by atoms with Gasteiger partial charge in [0.2, 0.25) is 5.82 Å². The second kappa shape index (κ2) is 3.89. The van der Waals surface area contributed by atoms with Gasteiger partial charge in [-0.15, -0.1) is 0 Å². The van der Waals surface area contributed by atoms with Crippen LogP contribution in [0.2, 0.25) is 0 Å². The van der Waals surface area contributed by atoms with E-state index in [0.717, 1.165) is 6.07 Å². The van der Waals surface area contributed by atoms with Crippen molar-refractivity contribution >= 4 is 21.7 Å². The van der Waals surface area contributed by atoms with E-state index < -0.39 is 11.6 Å². The highest BCUT2D eigenvalue weighted by Crippen LogP contribution is 2.34. The lowest BCUT2D eigenvalue weighted by atomic mass is 10.1. The number of fused-ring (bicyclic) bond motifs is 1. The number of ether oxygens (including phenoxy) is 1. The Balaban J connectivity index is 2.68. The van der Waals surface area contributed by atoms with Crippen LogP contribution in [-0.4, -0.2) is 12.4 Å². The summed E-state index contributed by atoms with van der Waals surface area (Å²) < 4.78 is 31.7. The standard InChI is InChI=1S/C10H7BrF2O2/c11-5-4-6(12)9(13)10-8(5)7(14)2-1-3-15-10/h4H,1-3H2. The summed E-state index contributed by atoms with van der Waals surface area (Å²) in [4.78, 5) is 11.6. The predicted molar refractivity (Wildman–Crippen MR) is 53.1 cm³/mol. The summed E-state index contributed by atoms with van der Waals surface area (Å²) in [6, 6.07) is 0.945. The molecule has 0 N–H and O–H groups in total. The second-order valence-electron chi connectivity index (χ2n) is 3.23. The van der Waals surface area contributed by atoms with Gasteiger partial charge in [-0.05, 0) is 28.4 Å². The van der Waals surface area contributed by atoms with Gasteiger partial charge in [-0.3, -0.25) is 4.79 Å². The first kappa shape index (κ1) is 10.5. The molecule has 0 saturated carbocycles. The highest BCUT2D eigenvalue weighted by atomic mass is 79.9. The molecule has 0 saturated heterocycles. The van der Waals surface area contributed by atoms with Crippen LogP contribution >= 0.6 is 15.9 Å². The molecule has 0 atom stereocenters. The Morgan fingerprint density at radius 1 is 1.40 bits per heavy atom. The Morgan fingerprint density at radius 2 is 2.13 bits per heavy atom. The highest BCUT2D eigenvalue weighted by molar-refractivity contribution is 9.10. The molecule has 80 valence electrons. The molecule has 1 aromatic rings. The maximum atomic E-state index is 13.3. The number of hydrogen-bond donors (Lipinski definition) is 0. The molecule has 5 heteroatoms. The summed E-state index contributed by atoms with van der Waals surface area (Å²) in [6.45, 7) is 0.228. The molecule has 1 heterocycles. The molecule has 0 unspecified atom stereocenters. The molecular formula is C10H7BrF2O2. The molecule has 0 aromatic heterocycles. The van der Waals surface area contributed by atoms with Crippen molar-refractivity contribution in [3.05, 3.63) is 27.7 Å². The van der Waals surface area contributed by atoms with Crippen molar-refractivity contribution in [1.82, 2.24) is 0 Å². The van der Waals surface area contributed by atoms with Gasteiger partial charge in [0.15, 0.2) is 17.3 Å². The maximum Gasteiger partial charge on any atom is 0.201 e. The zero-order chi connectivity index (χ0) is 11.0. The Morgan fingerprint density at radius 3 is 2.87 bits per heavy atom. The van der Waals surface area contributed by atoms with Crippen molar-refractivity contribution < 1.29 is 18.3 Å². The summed E-state index contributed by atoms with van der Waals surface area (Å²) in [5, 5.41) is 0. The summed E-state index contributed by atoms with van der Waals surface area (Å²) in [5.74, 6) is -2.61. The van der Waals surface area contributed by atoms with E-state index in [0.29, 0.717) is 6.42 Å². The van der Waals surface area contributed by atoms with Gasteiger partial charge in [0.1, 0.15) is 0 Å². The molecule has 0 fully saturated rings. The van der Waals surface area contributed by atoms with Gasteiger partial charge in [-0.25, -0.2) is 4.39 Å². The minimum Gasteiger partial charge on any atom is -0.490 e. The van der Waals surface area contributed by atoms with Crippen LogP contribution in [0.3, 0.4) is 0 Å². The van der Waals surface area contributed by atoms with Crippen LogP contribution in [0.4, 0.5) is 8.78 Å². The van der Waals surface area contributed by atoms with Gasteiger partial charge in [0.05, 0.1) is 12.2 Å². The van der Waals surface area contributed by atoms with Crippen molar-refractivity contribution in [2.24, 2.45) is 0 Å². The smallest absolute Gasteiger partial charge is 0.201 e. The van der Waals surface area contributed by atoms with E-state index in [1.807, 2.05) is 0 Å². The lowest BCUT2D eigenvalue weighted by molar-refractivity contribution is 0.0982. The van der Waals surface area contributed by atoms with Crippen molar-refractivity contribution in [2.75, 3.05) is 6.61 Å². The number of ketones is 1. The molecule has 0 spiro atoms. The summed E-state index contributed by atoms with van der Waals surface area (Å²) in [6.07, 6.45) is 0.803. The van der Waals surface area contributed by atoms with E-state index in [9.17, 15) is 13.6 Å². The van der Waals surface area contributed by atoms with Crippen LogP contribution < -0.4 is 4.74 Å². The zero-order valence-electron chi connectivity index (χ0n) is 7.65. The monoisotopic (exact) mass is 276 g/mol. The quantitative estimate of drug-likeness (QED) is 0.681. The first-order valence-electron chi connectivity index (χ1n) is 4.44. The highest BCUT2D eigenvalue weighted by Gasteiger charge is 2.25. The number of hydrogen-bond acceptors (Lipinski definition) is 2. The average Bonchev–Trinajstić information content (AvgIpc) is 2.37. The molecule has 0 aliphatic carbocycles. The van der Waals surface area contributed by atoms with Crippen LogP contribution in [-0.2, 0) is 0 Å².